The Morgan fingerprint density at radius 2 is 1.77 bits per heavy atom. The molecule has 0 atom stereocenters. The molecule has 0 aliphatic heterocycles. The third kappa shape index (κ3) is 4.12. The number of benzene rings is 2. The van der Waals surface area contributed by atoms with Crippen molar-refractivity contribution in [2.45, 2.75) is 43.6 Å². The first-order chi connectivity index (χ1) is 14.4. The Kier molecular flexibility index (Phi) is 5.64. The van der Waals surface area contributed by atoms with Crippen LogP contribution in [0.1, 0.15) is 43.6 Å². The number of halogens is 3. The number of methoxy groups -OCH3 is 1. The minimum Gasteiger partial charge on any atom is -0.493 e. The van der Waals surface area contributed by atoms with Crippen LogP contribution >= 0.6 is 0 Å². The van der Waals surface area contributed by atoms with Crippen molar-refractivity contribution in [3.63, 3.8) is 0 Å². The van der Waals surface area contributed by atoms with E-state index in [9.17, 15) is 13.2 Å². The lowest BCUT2D eigenvalue weighted by Gasteiger charge is -2.37. The molecule has 2 aromatic carbocycles. The van der Waals surface area contributed by atoms with Crippen molar-refractivity contribution in [3.8, 4) is 11.5 Å². The molecule has 1 aliphatic rings. The molecule has 4 nitrogen and oxygen atoms in total. The van der Waals surface area contributed by atoms with E-state index in [2.05, 4.69) is 4.98 Å². The molecule has 0 radical (unpaired) electrons. The summed E-state index contributed by atoms with van der Waals surface area (Å²) in [5.74, 6) is -1.57. The Balaban J connectivity index is 1.36. The molecule has 3 aromatic rings. The molecule has 1 aliphatic carbocycles. The van der Waals surface area contributed by atoms with Crippen LogP contribution in [0.4, 0.5) is 13.2 Å². The van der Waals surface area contributed by atoms with Crippen molar-refractivity contribution < 1.29 is 22.6 Å². The van der Waals surface area contributed by atoms with Gasteiger partial charge in [-0.3, -0.25) is 0 Å². The average molecular weight is 418 g/mol. The molecule has 0 unspecified atom stereocenters. The fourth-order valence-electron chi connectivity index (χ4n) is 4.35. The van der Waals surface area contributed by atoms with Crippen LogP contribution in [0.3, 0.4) is 0 Å². The average Bonchev–Trinajstić information content (AvgIpc) is 3.14. The first-order valence-electron chi connectivity index (χ1n) is 10.1. The van der Waals surface area contributed by atoms with Crippen LogP contribution in [0, 0.1) is 17.5 Å². The van der Waals surface area contributed by atoms with Crippen molar-refractivity contribution in [1.82, 2.24) is 4.98 Å². The predicted molar refractivity (Wildman–Crippen MR) is 109 cm³/mol. The second kappa shape index (κ2) is 8.22. The summed E-state index contributed by atoms with van der Waals surface area (Å²) in [7, 11) is 1.38. The van der Waals surface area contributed by atoms with Gasteiger partial charge >= 0.3 is 0 Å². The highest BCUT2D eigenvalue weighted by Crippen LogP contribution is 2.41. The molecule has 1 fully saturated rings. The highest BCUT2D eigenvalue weighted by atomic mass is 19.2. The number of fused-ring (bicyclic) bond motifs is 1. The number of nitrogens with two attached hydrogens (primary N) is 1. The molecule has 0 saturated heterocycles. The van der Waals surface area contributed by atoms with Crippen LogP contribution in [0.15, 0.2) is 36.5 Å². The van der Waals surface area contributed by atoms with Crippen molar-refractivity contribution >= 4 is 10.9 Å². The standard InChI is InChI=1S/C23H25F3N2O2/c1-29-21-11-18(25)19(26)12-22(21)30-9-8-23(27)6-4-14(5-7-23)17-13-28-20-3-2-15(24)10-16(17)20/h2-3,10-14,28H,4-9,27H2,1H3/t14-,23-. The summed E-state index contributed by atoms with van der Waals surface area (Å²) in [6, 6.07) is 6.75. The van der Waals surface area contributed by atoms with E-state index < -0.39 is 11.6 Å². The summed E-state index contributed by atoms with van der Waals surface area (Å²) in [6.07, 6.45) is 5.96. The molecule has 0 amide bonds. The van der Waals surface area contributed by atoms with Crippen molar-refractivity contribution in [2.75, 3.05) is 13.7 Å². The van der Waals surface area contributed by atoms with Gasteiger partial charge in [-0.05, 0) is 61.8 Å². The quantitative estimate of drug-likeness (QED) is 0.562. The Labute approximate surface area is 173 Å². The van der Waals surface area contributed by atoms with E-state index >= 15 is 0 Å². The van der Waals surface area contributed by atoms with Crippen LogP contribution < -0.4 is 15.2 Å². The van der Waals surface area contributed by atoms with Crippen LogP contribution in [-0.4, -0.2) is 24.2 Å². The lowest BCUT2D eigenvalue weighted by Crippen LogP contribution is -2.44. The van der Waals surface area contributed by atoms with Gasteiger partial charge in [0.2, 0.25) is 0 Å². The van der Waals surface area contributed by atoms with Gasteiger partial charge in [0.1, 0.15) is 5.82 Å². The Morgan fingerprint density at radius 1 is 1.07 bits per heavy atom. The Bertz CT molecular complexity index is 1040. The smallest absolute Gasteiger partial charge is 0.164 e. The first kappa shape index (κ1) is 20.6. The maximum Gasteiger partial charge on any atom is 0.164 e. The van der Waals surface area contributed by atoms with Crippen molar-refractivity contribution in [2.24, 2.45) is 5.73 Å². The number of ether oxygens (including phenoxy) is 2. The van der Waals surface area contributed by atoms with Gasteiger partial charge < -0.3 is 20.2 Å². The summed E-state index contributed by atoms with van der Waals surface area (Å²) < 4.78 is 51.2. The van der Waals surface area contributed by atoms with E-state index in [1.807, 2.05) is 6.20 Å². The number of rotatable bonds is 6. The zero-order valence-electron chi connectivity index (χ0n) is 16.8. The normalized spacial score (nSPS) is 21.7. The van der Waals surface area contributed by atoms with E-state index in [0.29, 0.717) is 12.3 Å². The summed E-state index contributed by atoms with van der Waals surface area (Å²) in [6.45, 7) is 0.279. The summed E-state index contributed by atoms with van der Waals surface area (Å²) in [5, 5.41) is 0.929. The SMILES string of the molecule is COc1cc(F)c(F)cc1OCC[C@]1(N)CC[C@H](c2c[nH]c3ccc(F)cc32)CC1. The van der Waals surface area contributed by atoms with Crippen LogP contribution in [0.2, 0.25) is 0 Å². The lowest BCUT2D eigenvalue weighted by molar-refractivity contribution is 0.200. The predicted octanol–water partition coefficient (Wildman–Crippen LogP) is 5.42. The molecule has 3 N–H and O–H groups in total. The van der Waals surface area contributed by atoms with Gasteiger partial charge in [-0.15, -0.1) is 0 Å². The second-order valence-electron chi connectivity index (χ2n) is 8.09. The number of hydrogen-bond acceptors (Lipinski definition) is 3. The number of hydrogen-bond donors (Lipinski definition) is 2. The zero-order valence-corrected chi connectivity index (χ0v) is 16.8. The molecular formula is C23H25F3N2O2. The van der Waals surface area contributed by atoms with Gasteiger partial charge in [0.25, 0.3) is 0 Å². The number of H-pyrrole nitrogens is 1. The van der Waals surface area contributed by atoms with Crippen molar-refractivity contribution in [1.29, 1.82) is 0 Å². The Morgan fingerprint density at radius 3 is 2.47 bits per heavy atom. The minimum atomic E-state index is -0.982. The first-order valence-corrected chi connectivity index (χ1v) is 10.1. The molecule has 4 rings (SSSR count). The summed E-state index contributed by atoms with van der Waals surface area (Å²) >= 11 is 0. The van der Waals surface area contributed by atoms with Crippen LogP contribution in [-0.2, 0) is 0 Å². The van der Waals surface area contributed by atoms with E-state index in [4.69, 9.17) is 15.2 Å². The maximum atomic E-state index is 13.7. The van der Waals surface area contributed by atoms with Gasteiger partial charge in [0.15, 0.2) is 23.1 Å². The maximum absolute atomic E-state index is 13.7. The molecule has 0 spiro atoms. The molecule has 160 valence electrons. The molecule has 1 aromatic heterocycles. The van der Waals surface area contributed by atoms with E-state index in [1.54, 1.807) is 12.1 Å². The highest BCUT2D eigenvalue weighted by molar-refractivity contribution is 5.83. The van der Waals surface area contributed by atoms with Crippen LogP contribution in [0.25, 0.3) is 10.9 Å². The number of nitrogens with one attached hydrogen (secondary N) is 1. The van der Waals surface area contributed by atoms with Gasteiger partial charge in [-0.2, -0.15) is 0 Å². The minimum absolute atomic E-state index is 0.148. The largest absolute Gasteiger partial charge is 0.493 e. The summed E-state index contributed by atoms with van der Waals surface area (Å²) in [4.78, 5) is 3.22. The molecular weight excluding hydrogens is 393 g/mol. The molecule has 7 heteroatoms. The molecule has 0 bridgehead atoms. The van der Waals surface area contributed by atoms with Crippen LogP contribution in [0.5, 0.6) is 11.5 Å². The fraction of sp³-hybridized carbons (Fsp3) is 0.391. The van der Waals surface area contributed by atoms with E-state index in [1.165, 1.54) is 13.2 Å². The van der Waals surface area contributed by atoms with Gasteiger partial charge in [-0.1, -0.05) is 0 Å². The fourth-order valence-corrected chi connectivity index (χ4v) is 4.35. The topological polar surface area (TPSA) is 60.3 Å². The highest BCUT2D eigenvalue weighted by Gasteiger charge is 2.33. The monoisotopic (exact) mass is 418 g/mol. The van der Waals surface area contributed by atoms with Gasteiger partial charge in [0, 0.05) is 34.8 Å². The summed E-state index contributed by atoms with van der Waals surface area (Å²) in [5.41, 5.74) is 8.27. The van der Waals surface area contributed by atoms with E-state index in [0.717, 1.165) is 54.3 Å². The molecule has 30 heavy (non-hydrogen) atoms. The zero-order chi connectivity index (χ0) is 21.3. The van der Waals surface area contributed by atoms with E-state index in [-0.39, 0.29) is 29.5 Å². The van der Waals surface area contributed by atoms with Crippen molar-refractivity contribution in [3.05, 3.63) is 59.5 Å². The second-order valence-corrected chi connectivity index (χ2v) is 8.09. The lowest BCUT2D eigenvalue weighted by atomic mass is 9.73. The number of aromatic nitrogens is 1. The Hall–Kier alpha value is -2.67. The molecule has 1 heterocycles. The molecule has 1 saturated carbocycles. The number of aromatic amines is 1. The third-order valence-corrected chi connectivity index (χ3v) is 6.16. The van der Waals surface area contributed by atoms with Gasteiger partial charge in [-0.25, -0.2) is 13.2 Å². The van der Waals surface area contributed by atoms with Gasteiger partial charge in [0.05, 0.1) is 13.7 Å². The third-order valence-electron chi connectivity index (χ3n) is 6.16.